The first kappa shape index (κ1) is 17.5. The van der Waals surface area contributed by atoms with Crippen LogP contribution in [0.3, 0.4) is 0 Å². The summed E-state index contributed by atoms with van der Waals surface area (Å²) in [5.41, 5.74) is 4.92. The van der Waals surface area contributed by atoms with Crippen molar-refractivity contribution in [3.8, 4) is 5.75 Å². The molecule has 0 saturated carbocycles. The predicted molar refractivity (Wildman–Crippen MR) is 89.3 cm³/mol. The van der Waals surface area contributed by atoms with E-state index in [4.69, 9.17) is 9.90 Å². The second-order valence-corrected chi connectivity index (χ2v) is 5.58. The molecule has 128 valence electrons. The Balaban J connectivity index is 0.000000647. The number of carbonyl (C=O) groups excluding carboxylic acids is 1. The smallest absolute Gasteiger partial charge is 0.290 e. The molecule has 0 aliphatic carbocycles. The zero-order chi connectivity index (χ0) is 17.9. The van der Waals surface area contributed by atoms with Crippen molar-refractivity contribution in [1.82, 2.24) is 9.78 Å². The van der Waals surface area contributed by atoms with Crippen LogP contribution in [-0.2, 0) is 16.1 Å². The van der Waals surface area contributed by atoms with E-state index in [1.807, 2.05) is 24.6 Å². The number of amides is 1. The molecular formula is C17H21N3O4. The number of fused-ring (bicyclic) bond motifs is 1. The minimum absolute atomic E-state index is 0.00495. The number of hydrogen-bond acceptors (Lipinski definition) is 4. The second-order valence-electron chi connectivity index (χ2n) is 5.58. The van der Waals surface area contributed by atoms with Crippen molar-refractivity contribution in [3.63, 3.8) is 0 Å². The van der Waals surface area contributed by atoms with Gasteiger partial charge in [0.25, 0.3) is 6.47 Å². The molecule has 0 saturated heterocycles. The maximum Gasteiger partial charge on any atom is 0.290 e. The average molecular weight is 331 g/mol. The van der Waals surface area contributed by atoms with Gasteiger partial charge in [-0.05, 0) is 32.4 Å². The fourth-order valence-corrected chi connectivity index (χ4v) is 3.23. The number of benzene rings is 1. The molecule has 24 heavy (non-hydrogen) atoms. The Morgan fingerprint density at radius 2 is 2.08 bits per heavy atom. The zero-order valence-corrected chi connectivity index (χ0v) is 13.9. The Bertz CT molecular complexity index is 767. The summed E-state index contributed by atoms with van der Waals surface area (Å²) in [6, 6.07) is 5.16. The fourth-order valence-electron chi connectivity index (χ4n) is 3.23. The van der Waals surface area contributed by atoms with Crippen LogP contribution in [0.2, 0.25) is 0 Å². The maximum absolute atomic E-state index is 12.0. The number of carbonyl (C=O) groups is 2. The van der Waals surface area contributed by atoms with Crippen LogP contribution < -0.4 is 5.32 Å². The summed E-state index contributed by atoms with van der Waals surface area (Å²) in [7, 11) is 0. The molecule has 7 heteroatoms. The van der Waals surface area contributed by atoms with Crippen LogP contribution in [0.4, 0.5) is 5.69 Å². The Morgan fingerprint density at radius 1 is 1.42 bits per heavy atom. The number of nitrogens with zero attached hydrogens (tertiary/aromatic N) is 2. The number of rotatable bonds is 2. The van der Waals surface area contributed by atoms with E-state index < -0.39 is 0 Å². The molecule has 7 nitrogen and oxygen atoms in total. The lowest BCUT2D eigenvalue weighted by Crippen LogP contribution is -2.24. The summed E-state index contributed by atoms with van der Waals surface area (Å²) < 4.78 is 1.97. The molecule has 2 heterocycles. The fraction of sp³-hybridized carbons (Fsp3) is 0.353. The summed E-state index contributed by atoms with van der Waals surface area (Å²) in [6.07, 6.45) is 0.412. The summed E-state index contributed by atoms with van der Waals surface area (Å²) in [4.78, 5) is 20.4. The van der Waals surface area contributed by atoms with Crippen molar-refractivity contribution in [2.45, 2.75) is 39.7 Å². The molecule has 0 bridgehead atoms. The lowest BCUT2D eigenvalue weighted by atomic mass is 9.83. The number of carboxylic acid groups (broad SMARTS) is 1. The van der Waals surface area contributed by atoms with Crippen LogP contribution >= 0.6 is 0 Å². The van der Waals surface area contributed by atoms with Gasteiger partial charge in [-0.1, -0.05) is 6.07 Å². The Labute approximate surface area is 139 Å². The van der Waals surface area contributed by atoms with Crippen LogP contribution in [0.1, 0.15) is 41.8 Å². The number of phenols is 1. The Kier molecular flexibility index (Phi) is 5.23. The number of anilines is 1. The molecule has 1 aliphatic heterocycles. The lowest BCUT2D eigenvalue weighted by Gasteiger charge is -2.26. The molecule has 1 atom stereocenters. The highest BCUT2D eigenvalue weighted by Gasteiger charge is 2.30. The third-order valence-electron chi connectivity index (χ3n) is 4.16. The van der Waals surface area contributed by atoms with Gasteiger partial charge in [0.05, 0.1) is 5.69 Å². The van der Waals surface area contributed by atoms with Gasteiger partial charge in [0, 0.05) is 41.9 Å². The second kappa shape index (κ2) is 7.16. The molecular weight excluding hydrogens is 310 g/mol. The predicted octanol–water partition coefficient (Wildman–Crippen LogP) is 2.40. The zero-order valence-electron chi connectivity index (χ0n) is 13.9. The molecule has 1 aromatic carbocycles. The summed E-state index contributed by atoms with van der Waals surface area (Å²) in [5, 5.41) is 23.9. The summed E-state index contributed by atoms with van der Waals surface area (Å²) in [5.74, 6) is 0.128. The van der Waals surface area contributed by atoms with Crippen LogP contribution in [0, 0.1) is 13.8 Å². The number of phenolic OH excluding ortho intramolecular Hbond substituents is 1. The molecule has 0 radical (unpaired) electrons. The first-order valence-corrected chi connectivity index (χ1v) is 7.67. The molecule has 1 aliphatic rings. The topological polar surface area (TPSA) is 104 Å². The quantitative estimate of drug-likeness (QED) is 0.733. The first-order chi connectivity index (χ1) is 11.4. The SMILES string of the molecule is CCn1nc(C)c(C2CC(=O)Nc3cc(O)ccc32)c1C.O=CO. The van der Waals surface area contributed by atoms with Gasteiger partial charge < -0.3 is 15.5 Å². The minimum atomic E-state index is -0.250. The lowest BCUT2D eigenvalue weighted by molar-refractivity contribution is -0.123. The number of aromatic hydroxyl groups is 1. The Hall–Kier alpha value is -2.83. The van der Waals surface area contributed by atoms with E-state index in [1.165, 1.54) is 0 Å². The number of aryl methyl sites for hydroxylation is 2. The molecule has 1 unspecified atom stereocenters. The van der Waals surface area contributed by atoms with E-state index >= 15 is 0 Å². The van der Waals surface area contributed by atoms with E-state index in [-0.39, 0.29) is 24.0 Å². The van der Waals surface area contributed by atoms with Crippen molar-refractivity contribution in [1.29, 1.82) is 0 Å². The van der Waals surface area contributed by atoms with Gasteiger partial charge in [-0.3, -0.25) is 14.3 Å². The minimum Gasteiger partial charge on any atom is -0.508 e. The average Bonchev–Trinajstić information content (AvgIpc) is 2.81. The van der Waals surface area contributed by atoms with Gasteiger partial charge in [0.1, 0.15) is 5.75 Å². The van der Waals surface area contributed by atoms with Crippen molar-refractivity contribution in [3.05, 3.63) is 40.7 Å². The van der Waals surface area contributed by atoms with Crippen LogP contribution in [-0.4, -0.2) is 32.4 Å². The van der Waals surface area contributed by atoms with Crippen molar-refractivity contribution >= 4 is 18.1 Å². The van der Waals surface area contributed by atoms with E-state index in [9.17, 15) is 9.90 Å². The van der Waals surface area contributed by atoms with Gasteiger partial charge in [-0.15, -0.1) is 0 Å². The first-order valence-electron chi connectivity index (χ1n) is 7.67. The highest BCUT2D eigenvalue weighted by molar-refractivity contribution is 5.95. The Morgan fingerprint density at radius 3 is 2.67 bits per heavy atom. The van der Waals surface area contributed by atoms with Gasteiger partial charge in [0.15, 0.2) is 0 Å². The third kappa shape index (κ3) is 3.24. The standard InChI is InChI=1S/C16H19N3O2.CH2O2/c1-4-19-10(3)16(9(2)18-19)13-8-15(21)17-14-7-11(20)5-6-12(13)14;2-1-3/h5-7,13,20H,4,8H2,1-3H3,(H,17,21);1H,(H,2,3). The molecule has 0 spiro atoms. The van der Waals surface area contributed by atoms with Crippen LogP contribution in [0.15, 0.2) is 18.2 Å². The van der Waals surface area contributed by atoms with Crippen molar-refractivity contribution in [2.24, 2.45) is 0 Å². The highest BCUT2D eigenvalue weighted by Crippen LogP contribution is 2.40. The number of nitrogens with one attached hydrogen (secondary N) is 1. The van der Waals surface area contributed by atoms with Crippen molar-refractivity contribution in [2.75, 3.05) is 5.32 Å². The van der Waals surface area contributed by atoms with Gasteiger partial charge in [0.2, 0.25) is 5.91 Å². The molecule has 0 fully saturated rings. The van der Waals surface area contributed by atoms with Gasteiger partial charge in [-0.2, -0.15) is 5.10 Å². The maximum atomic E-state index is 12.0. The highest BCUT2D eigenvalue weighted by atomic mass is 16.3. The monoisotopic (exact) mass is 331 g/mol. The van der Waals surface area contributed by atoms with Crippen LogP contribution in [0.5, 0.6) is 5.75 Å². The summed E-state index contributed by atoms with van der Waals surface area (Å²) >= 11 is 0. The van der Waals surface area contributed by atoms with Crippen molar-refractivity contribution < 1.29 is 19.8 Å². The summed E-state index contributed by atoms with van der Waals surface area (Å²) in [6.45, 7) is 6.66. The molecule has 3 rings (SSSR count). The van der Waals surface area contributed by atoms with Gasteiger partial charge in [-0.25, -0.2) is 0 Å². The molecule has 1 aromatic heterocycles. The number of hydrogen-bond donors (Lipinski definition) is 3. The molecule has 1 amide bonds. The molecule has 2 aromatic rings. The van der Waals surface area contributed by atoms with Gasteiger partial charge >= 0.3 is 0 Å². The van der Waals surface area contributed by atoms with E-state index in [0.29, 0.717) is 12.1 Å². The third-order valence-corrected chi connectivity index (χ3v) is 4.16. The van der Waals surface area contributed by atoms with Crippen LogP contribution in [0.25, 0.3) is 0 Å². The molecule has 3 N–H and O–H groups in total. The van der Waals surface area contributed by atoms with E-state index in [1.54, 1.807) is 12.1 Å². The van der Waals surface area contributed by atoms with E-state index in [2.05, 4.69) is 17.3 Å². The largest absolute Gasteiger partial charge is 0.508 e. The normalized spacial score (nSPS) is 15.8. The van der Waals surface area contributed by atoms with E-state index in [0.717, 1.165) is 29.1 Å². The number of aromatic nitrogens is 2.